The minimum Gasteiger partial charge on any atom is -0.355 e. The summed E-state index contributed by atoms with van der Waals surface area (Å²) in [6, 6.07) is 6.18. The summed E-state index contributed by atoms with van der Waals surface area (Å²) >= 11 is 0. The second-order valence-corrected chi connectivity index (χ2v) is 4.99. The summed E-state index contributed by atoms with van der Waals surface area (Å²) in [5.74, 6) is 1.46. The van der Waals surface area contributed by atoms with E-state index < -0.39 is 0 Å². The second-order valence-electron chi connectivity index (χ2n) is 4.99. The molecule has 1 aromatic rings. The Balaban J connectivity index is 2.81. The summed E-state index contributed by atoms with van der Waals surface area (Å²) in [6.07, 6.45) is 2.34. The van der Waals surface area contributed by atoms with Gasteiger partial charge in [-0.3, -0.25) is 0 Å². The van der Waals surface area contributed by atoms with Crippen LogP contribution in [0.4, 0.5) is 5.82 Å². The molecule has 1 rings (SSSR count). The minimum absolute atomic E-state index is 0.00390. The molecule has 0 unspecified atom stereocenters. The highest BCUT2D eigenvalue weighted by Crippen LogP contribution is 2.16. The highest BCUT2D eigenvalue weighted by atomic mass is 15.2. The molecule has 4 nitrogen and oxygen atoms in total. The van der Waals surface area contributed by atoms with Crippen molar-refractivity contribution in [3.63, 3.8) is 0 Å². The first-order valence-corrected chi connectivity index (χ1v) is 6.38. The number of aromatic nitrogens is 1. The topological polar surface area (TPSA) is 65.9 Å². The van der Waals surface area contributed by atoms with Gasteiger partial charge in [-0.2, -0.15) is 5.26 Å². The highest BCUT2D eigenvalue weighted by molar-refractivity contribution is 5.40. The van der Waals surface area contributed by atoms with Crippen molar-refractivity contribution in [3.05, 3.63) is 23.9 Å². The van der Waals surface area contributed by atoms with Crippen LogP contribution in [0.5, 0.6) is 0 Å². The smallest absolute Gasteiger partial charge is 0.128 e. The zero-order valence-corrected chi connectivity index (χ0v) is 11.4. The maximum absolute atomic E-state index is 8.70. The normalized spacial score (nSPS) is 12.2. The Kier molecular flexibility index (Phi) is 5.60. The molecule has 1 aromatic heterocycles. The average Bonchev–Trinajstić information content (AvgIpc) is 2.34. The maximum atomic E-state index is 8.70. The minimum atomic E-state index is 0.00390. The Morgan fingerprint density at radius 3 is 2.56 bits per heavy atom. The molecule has 0 aromatic carbocycles. The van der Waals surface area contributed by atoms with Crippen molar-refractivity contribution in [3.8, 4) is 6.07 Å². The lowest BCUT2D eigenvalue weighted by Gasteiger charge is -2.25. The molecule has 0 aliphatic rings. The molecule has 18 heavy (non-hydrogen) atoms. The van der Waals surface area contributed by atoms with Crippen molar-refractivity contribution in [2.24, 2.45) is 11.7 Å². The van der Waals surface area contributed by atoms with E-state index in [-0.39, 0.29) is 6.04 Å². The van der Waals surface area contributed by atoms with Crippen LogP contribution in [0, 0.1) is 17.2 Å². The summed E-state index contributed by atoms with van der Waals surface area (Å²) in [5.41, 5.74) is 6.84. The molecule has 0 fully saturated rings. The summed E-state index contributed by atoms with van der Waals surface area (Å²) in [7, 11) is 0. The summed E-state index contributed by atoms with van der Waals surface area (Å²) in [6.45, 7) is 7.90. The Labute approximate surface area is 109 Å². The van der Waals surface area contributed by atoms with Gasteiger partial charge in [0, 0.05) is 25.3 Å². The molecule has 0 saturated carbocycles. The lowest BCUT2D eigenvalue weighted by Crippen LogP contribution is -2.29. The molecule has 1 atom stereocenters. The van der Waals surface area contributed by atoms with E-state index in [2.05, 4.69) is 29.8 Å². The summed E-state index contributed by atoms with van der Waals surface area (Å²) in [5, 5.41) is 8.70. The lowest BCUT2D eigenvalue weighted by molar-refractivity contribution is 0.607. The van der Waals surface area contributed by atoms with Crippen molar-refractivity contribution < 1.29 is 0 Å². The highest BCUT2D eigenvalue weighted by Gasteiger charge is 2.10. The van der Waals surface area contributed by atoms with Crippen LogP contribution in [-0.4, -0.2) is 18.1 Å². The first-order chi connectivity index (χ1) is 8.54. The van der Waals surface area contributed by atoms with Crippen molar-refractivity contribution >= 4 is 5.82 Å². The number of anilines is 1. The van der Waals surface area contributed by atoms with E-state index in [9.17, 15) is 0 Å². The Morgan fingerprint density at radius 1 is 1.39 bits per heavy atom. The number of hydrogen-bond donors (Lipinski definition) is 1. The lowest BCUT2D eigenvalue weighted by atomic mass is 10.1. The van der Waals surface area contributed by atoms with Gasteiger partial charge in [0.05, 0.1) is 12.5 Å². The van der Waals surface area contributed by atoms with E-state index in [1.165, 1.54) is 0 Å². The van der Waals surface area contributed by atoms with Gasteiger partial charge in [-0.1, -0.05) is 19.9 Å². The maximum Gasteiger partial charge on any atom is 0.128 e. The third-order valence-corrected chi connectivity index (χ3v) is 2.70. The molecule has 1 heterocycles. The SMILES string of the molecule is CC(C)CN(CCC#N)c1ccc([C@@H](C)N)cn1. The van der Waals surface area contributed by atoms with Gasteiger partial charge in [0.15, 0.2) is 0 Å². The zero-order valence-electron chi connectivity index (χ0n) is 11.4. The average molecular weight is 246 g/mol. The Bertz CT molecular complexity index is 389. The van der Waals surface area contributed by atoms with Crippen molar-refractivity contribution in [2.45, 2.75) is 33.2 Å². The van der Waals surface area contributed by atoms with Gasteiger partial charge in [0.25, 0.3) is 0 Å². The number of nitrogens with two attached hydrogens (primary N) is 1. The number of nitrogens with zero attached hydrogens (tertiary/aromatic N) is 3. The monoisotopic (exact) mass is 246 g/mol. The Morgan fingerprint density at radius 2 is 2.11 bits per heavy atom. The van der Waals surface area contributed by atoms with E-state index in [1.807, 2.05) is 25.3 Å². The van der Waals surface area contributed by atoms with Gasteiger partial charge in [0.1, 0.15) is 5.82 Å². The van der Waals surface area contributed by atoms with Crippen LogP contribution >= 0.6 is 0 Å². The molecule has 0 bridgehead atoms. The van der Waals surface area contributed by atoms with E-state index in [0.717, 1.165) is 24.5 Å². The van der Waals surface area contributed by atoms with Gasteiger partial charge in [0.2, 0.25) is 0 Å². The molecule has 0 spiro atoms. The molecule has 0 amide bonds. The first kappa shape index (κ1) is 14.5. The fraction of sp³-hybridized carbons (Fsp3) is 0.571. The first-order valence-electron chi connectivity index (χ1n) is 6.38. The van der Waals surface area contributed by atoms with Crippen LogP contribution in [0.25, 0.3) is 0 Å². The molecule has 0 aliphatic carbocycles. The van der Waals surface area contributed by atoms with Gasteiger partial charge in [-0.05, 0) is 24.5 Å². The molecule has 0 saturated heterocycles. The molecule has 0 aliphatic heterocycles. The van der Waals surface area contributed by atoms with Crippen LogP contribution < -0.4 is 10.6 Å². The van der Waals surface area contributed by atoms with Crippen LogP contribution in [0.15, 0.2) is 18.3 Å². The van der Waals surface area contributed by atoms with E-state index in [4.69, 9.17) is 11.0 Å². The quantitative estimate of drug-likeness (QED) is 0.837. The largest absolute Gasteiger partial charge is 0.355 e. The number of nitriles is 1. The van der Waals surface area contributed by atoms with Crippen LogP contribution in [0.1, 0.15) is 38.8 Å². The van der Waals surface area contributed by atoms with E-state index in [0.29, 0.717) is 12.3 Å². The van der Waals surface area contributed by atoms with Gasteiger partial charge >= 0.3 is 0 Å². The zero-order chi connectivity index (χ0) is 13.5. The third-order valence-electron chi connectivity index (χ3n) is 2.70. The molecular formula is C14H22N4. The van der Waals surface area contributed by atoms with Crippen LogP contribution in [-0.2, 0) is 0 Å². The van der Waals surface area contributed by atoms with Gasteiger partial charge in [-0.15, -0.1) is 0 Å². The molecule has 0 radical (unpaired) electrons. The number of pyridine rings is 1. The van der Waals surface area contributed by atoms with E-state index >= 15 is 0 Å². The fourth-order valence-electron chi connectivity index (χ4n) is 1.78. The molecular weight excluding hydrogens is 224 g/mol. The summed E-state index contributed by atoms with van der Waals surface area (Å²) in [4.78, 5) is 6.59. The van der Waals surface area contributed by atoms with Crippen LogP contribution in [0.3, 0.4) is 0 Å². The number of hydrogen-bond acceptors (Lipinski definition) is 4. The van der Waals surface area contributed by atoms with E-state index in [1.54, 1.807) is 0 Å². The molecule has 98 valence electrons. The molecule has 4 heteroatoms. The van der Waals surface area contributed by atoms with Crippen molar-refractivity contribution in [2.75, 3.05) is 18.0 Å². The predicted molar refractivity (Wildman–Crippen MR) is 74.1 cm³/mol. The predicted octanol–water partition coefficient (Wildman–Crippen LogP) is 2.48. The molecule has 2 N–H and O–H groups in total. The fourth-order valence-corrected chi connectivity index (χ4v) is 1.78. The van der Waals surface area contributed by atoms with Crippen molar-refractivity contribution in [1.29, 1.82) is 5.26 Å². The standard InChI is InChI=1S/C14H22N4/c1-11(2)10-18(8-4-7-15)14-6-5-13(9-17-14)12(3)16/h5-6,9,11-12H,4,8,10,16H2,1-3H3/t12-/m1/s1. The van der Waals surface area contributed by atoms with Gasteiger partial charge < -0.3 is 10.6 Å². The summed E-state index contributed by atoms with van der Waals surface area (Å²) < 4.78 is 0. The second kappa shape index (κ2) is 6.97. The third kappa shape index (κ3) is 4.34. The van der Waals surface area contributed by atoms with Gasteiger partial charge in [-0.25, -0.2) is 4.98 Å². The Hall–Kier alpha value is -1.60. The van der Waals surface area contributed by atoms with Crippen molar-refractivity contribution in [1.82, 2.24) is 4.98 Å². The van der Waals surface area contributed by atoms with Crippen LogP contribution in [0.2, 0.25) is 0 Å². The number of rotatable bonds is 6.